The molecule has 23 heavy (non-hydrogen) atoms. The summed E-state index contributed by atoms with van der Waals surface area (Å²) in [6, 6.07) is 12.6. The monoisotopic (exact) mass is 362 g/mol. The molecular formula is C17H12Cl2N2OS. The van der Waals surface area contributed by atoms with Crippen molar-refractivity contribution in [2.24, 2.45) is 0 Å². The van der Waals surface area contributed by atoms with Crippen LogP contribution in [0.1, 0.15) is 10.4 Å². The summed E-state index contributed by atoms with van der Waals surface area (Å²) in [6.07, 6.45) is 3.78. The smallest absolute Gasteiger partial charge is 0.258 e. The van der Waals surface area contributed by atoms with E-state index >= 15 is 0 Å². The number of fused-ring (bicyclic) bond motifs is 1. The predicted molar refractivity (Wildman–Crippen MR) is 97.9 cm³/mol. The quantitative estimate of drug-likeness (QED) is 0.624. The Kier molecular flexibility index (Phi) is 4.76. The second-order valence-corrected chi connectivity index (χ2v) is 6.50. The Morgan fingerprint density at radius 1 is 1.13 bits per heavy atom. The molecule has 1 aromatic heterocycles. The second-order valence-electron chi connectivity index (χ2n) is 4.80. The van der Waals surface area contributed by atoms with Crippen molar-refractivity contribution in [3.63, 3.8) is 0 Å². The first-order valence-electron chi connectivity index (χ1n) is 6.78. The van der Waals surface area contributed by atoms with Crippen molar-refractivity contribution in [3.8, 4) is 0 Å². The SMILES string of the molecule is CSc1cnc2c(NC(=O)c3c(Cl)cccc3Cl)cccc2c1. The van der Waals surface area contributed by atoms with Gasteiger partial charge in [0.05, 0.1) is 26.8 Å². The fraction of sp³-hybridized carbons (Fsp3) is 0.0588. The zero-order valence-corrected chi connectivity index (χ0v) is 14.5. The first-order chi connectivity index (χ1) is 11.1. The summed E-state index contributed by atoms with van der Waals surface area (Å²) in [7, 11) is 0. The molecule has 116 valence electrons. The molecule has 3 nitrogen and oxygen atoms in total. The molecule has 3 rings (SSSR count). The zero-order valence-electron chi connectivity index (χ0n) is 12.1. The van der Waals surface area contributed by atoms with Crippen molar-refractivity contribution in [1.82, 2.24) is 4.98 Å². The van der Waals surface area contributed by atoms with Gasteiger partial charge in [-0.15, -0.1) is 11.8 Å². The highest BCUT2D eigenvalue weighted by atomic mass is 35.5. The van der Waals surface area contributed by atoms with Gasteiger partial charge < -0.3 is 5.32 Å². The molecule has 0 saturated carbocycles. The third kappa shape index (κ3) is 3.29. The fourth-order valence-electron chi connectivity index (χ4n) is 2.25. The number of carbonyl (C=O) groups excluding carboxylic acids is 1. The van der Waals surface area contributed by atoms with Gasteiger partial charge in [-0.2, -0.15) is 0 Å². The number of hydrogen-bond donors (Lipinski definition) is 1. The molecule has 0 spiro atoms. The normalized spacial score (nSPS) is 10.7. The highest BCUT2D eigenvalue weighted by Gasteiger charge is 2.16. The summed E-state index contributed by atoms with van der Waals surface area (Å²) in [5, 5.41) is 4.43. The van der Waals surface area contributed by atoms with Gasteiger partial charge in [0.25, 0.3) is 5.91 Å². The Hall–Kier alpha value is -1.75. The standard InChI is InChI=1S/C17H12Cl2N2OS/c1-23-11-8-10-4-2-7-14(16(10)20-9-11)21-17(22)15-12(18)5-3-6-13(15)19/h2-9H,1H3,(H,21,22). The average molecular weight is 363 g/mol. The van der Waals surface area contributed by atoms with Gasteiger partial charge in [-0.25, -0.2) is 0 Å². The van der Waals surface area contributed by atoms with Gasteiger partial charge in [0.1, 0.15) is 0 Å². The Morgan fingerprint density at radius 3 is 2.52 bits per heavy atom. The van der Waals surface area contributed by atoms with Crippen molar-refractivity contribution in [3.05, 3.63) is 64.3 Å². The van der Waals surface area contributed by atoms with E-state index in [1.807, 2.05) is 24.5 Å². The van der Waals surface area contributed by atoms with Crippen LogP contribution in [0.4, 0.5) is 5.69 Å². The number of thioether (sulfide) groups is 1. The lowest BCUT2D eigenvalue weighted by atomic mass is 10.1. The van der Waals surface area contributed by atoms with Crippen molar-refractivity contribution in [2.75, 3.05) is 11.6 Å². The van der Waals surface area contributed by atoms with Gasteiger partial charge in [-0.1, -0.05) is 41.4 Å². The van der Waals surface area contributed by atoms with Crippen molar-refractivity contribution < 1.29 is 4.79 Å². The summed E-state index contributed by atoms with van der Waals surface area (Å²) < 4.78 is 0. The molecule has 0 atom stereocenters. The van der Waals surface area contributed by atoms with Crippen molar-refractivity contribution in [1.29, 1.82) is 0 Å². The van der Waals surface area contributed by atoms with Gasteiger partial charge >= 0.3 is 0 Å². The number of hydrogen-bond acceptors (Lipinski definition) is 3. The third-order valence-electron chi connectivity index (χ3n) is 3.36. The second kappa shape index (κ2) is 6.79. The van der Waals surface area contributed by atoms with Crippen molar-refractivity contribution in [2.45, 2.75) is 4.90 Å². The van der Waals surface area contributed by atoms with E-state index in [2.05, 4.69) is 10.3 Å². The molecule has 0 radical (unpaired) electrons. The average Bonchev–Trinajstić information content (AvgIpc) is 2.54. The molecule has 0 aliphatic heterocycles. The summed E-state index contributed by atoms with van der Waals surface area (Å²) in [4.78, 5) is 18.0. The maximum Gasteiger partial charge on any atom is 0.258 e. The highest BCUT2D eigenvalue weighted by molar-refractivity contribution is 7.98. The molecular weight excluding hydrogens is 351 g/mol. The number of carbonyl (C=O) groups is 1. The molecule has 0 fully saturated rings. The molecule has 0 bridgehead atoms. The molecule has 2 aromatic carbocycles. The van der Waals surface area contributed by atoms with E-state index in [1.54, 1.807) is 42.2 Å². The van der Waals surface area contributed by atoms with Crippen LogP contribution in [0.2, 0.25) is 10.0 Å². The fourth-order valence-corrected chi connectivity index (χ4v) is 3.22. The van der Waals surface area contributed by atoms with E-state index in [0.29, 0.717) is 15.7 Å². The Labute approximate surface area is 148 Å². The van der Waals surface area contributed by atoms with Gasteiger partial charge in [0.2, 0.25) is 0 Å². The van der Waals surface area contributed by atoms with E-state index in [-0.39, 0.29) is 11.5 Å². The van der Waals surface area contributed by atoms with Crippen LogP contribution < -0.4 is 5.32 Å². The van der Waals surface area contributed by atoms with Gasteiger partial charge in [-0.3, -0.25) is 9.78 Å². The van der Waals surface area contributed by atoms with Crippen LogP contribution in [0.25, 0.3) is 10.9 Å². The highest BCUT2D eigenvalue weighted by Crippen LogP contribution is 2.28. The minimum atomic E-state index is -0.358. The van der Waals surface area contributed by atoms with E-state index in [4.69, 9.17) is 23.2 Å². The molecule has 1 N–H and O–H groups in total. The molecule has 1 heterocycles. The molecule has 6 heteroatoms. The maximum absolute atomic E-state index is 12.5. The number of nitrogens with zero attached hydrogens (tertiary/aromatic N) is 1. The number of benzene rings is 2. The summed E-state index contributed by atoms with van der Waals surface area (Å²) in [6.45, 7) is 0. The lowest BCUT2D eigenvalue weighted by Crippen LogP contribution is -2.13. The maximum atomic E-state index is 12.5. The largest absolute Gasteiger partial charge is 0.320 e. The van der Waals surface area contributed by atoms with Crippen molar-refractivity contribution >= 4 is 57.5 Å². The number of pyridine rings is 1. The van der Waals surface area contributed by atoms with Gasteiger partial charge in [-0.05, 0) is 30.5 Å². The van der Waals surface area contributed by atoms with Crippen LogP contribution in [0.5, 0.6) is 0 Å². The molecule has 0 saturated heterocycles. The molecule has 0 unspecified atom stereocenters. The van der Waals surface area contributed by atoms with E-state index in [9.17, 15) is 4.79 Å². The van der Waals surface area contributed by atoms with Crippen LogP contribution in [0, 0.1) is 0 Å². The van der Waals surface area contributed by atoms with Crippen LogP contribution >= 0.6 is 35.0 Å². The Morgan fingerprint density at radius 2 is 1.83 bits per heavy atom. The molecule has 3 aromatic rings. The minimum absolute atomic E-state index is 0.258. The van der Waals surface area contributed by atoms with Gasteiger partial charge in [0, 0.05) is 16.5 Å². The summed E-state index contributed by atoms with van der Waals surface area (Å²) in [5.74, 6) is -0.358. The first-order valence-corrected chi connectivity index (χ1v) is 8.76. The summed E-state index contributed by atoms with van der Waals surface area (Å²) in [5.41, 5.74) is 1.60. The molecule has 1 amide bonds. The minimum Gasteiger partial charge on any atom is -0.320 e. The Bertz CT molecular complexity index is 879. The summed E-state index contributed by atoms with van der Waals surface area (Å²) >= 11 is 13.8. The van der Waals surface area contributed by atoms with Gasteiger partial charge in [0.15, 0.2) is 0 Å². The third-order valence-corrected chi connectivity index (χ3v) is 4.68. The topological polar surface area (TPSA) is 42.0 Å². The number of amides is 1. The lowest BCUT2D eigenvalue weighted by Gasteiger charge is -2.10. The molecule has 0 aliphatic carbocycles. The Balaban J connectivity index is 2.00. The van der Waals surface area contributed by atoms with Crippen LogP contribution in [0.15, 0.2) is 53.6 Å². The molecule has 0 aliphatic rings. The zero-order chi connectivity index (χ0) is 16.4. The van der Waals surface area contributed by atoms with E-state index in [0.717, 1.165) is 15.8 Å². The lowest BCUT2D eigenvalue weighted by molar-refractivity contribution is 0.102. The van der Waals surface area contributed by atoms with E-state index in [1.165, 1.54) is 0 Å². The predicted octanol–water partition coefficient (Wildman–Crippen LogP) is 5.52. The van der Waals surface area contributed by atoms with Crippen LogP contribution in [-0.4, -0.2) is 17.1 Å². The van der Waals surface area contributed by atoms with Crippen LogP contribution in [-0.2, 0) is 0 Å². The number of halogens is 2. The van der Waals surface area contributed by atoms with Crippen LogP contribution in [0.3, 0.4) is 0 Å². The number of para-hydroxylation sites is 1. The number of aromatic nitrogens is 1. The number of nitrogens with one attached hydrogen (secondary N) is 1. The number of rotatable bonds is 3. The number of anilines is 1. The first kappa shape index (κ1) is 16.1. The van der Waals surface area contributed by atoms with E-state index < -0.39 is 0 Å².